The van der Waals surface area contributed by atoms with E-state index in [0.29, 0.717) is 28.5 Å². The zero-order valence-electron chi connectivity index (χ0n) is 14.2. The third-order valence-corrected chi connectivity index (χ3v) is 4.02. The average molecular weight is 384 g/mol. The molecular weight excluding hydrogens is 370 g/mol. The Morgan fingerprint density at radius 1 is 1.15 bits per heavy atom. The normalized spacial score (nSPS) is 10.9. The molecule has 4 aromatic rings. The molecule has 2 aromatic carbocycles. The van der Waals surface area contributed by atoms with Crippen molar-refractivity contribution in [3.05, 3.63) is 59.3 Å². The topological polar surface area (TPSA) is 90.4 Å². The highest BCUT2D eigenvalue weighted by atomic mass is 35.5. The lowest BCUT2D eigenvalue weighted by Crippen LogP contribution is -2.10. The molecule has 4 rings (SSSR count). The number of benzene rings is 2. The summed E-state index contributed by atoms with van der Waals surface area (Å²) < 4.78 is 16.6. The summed E-state index contributed by atoms with van der Waals surface area (Å²) in [6, 6.07) is 14.0. The lowest BCUT2D eigenvalue weighted by Gasteiger charge is -2.02. The van der Waals surface area contributed by atoms with E-state index in [9.17, 15) is 4.79 Å². The quantitative estimate of drug-likeness (QED) is 0.533. The monoisotopic (exact) mass is 383 g/mol. The summed E-state index contributed by atoms with van der Waals surface area (Å²) in [5, 5.41) is 11.6. The van der Waals surface area contributed by atoms with Crippen molar-refractivity contribution < 1.29 is 18.4 Å². The number of carbonyl (C=O) groups excluding carboxylic acids is 1. The van der Waals surface area contributed by atoms with Gasteiger partial charge in [0.25, 0.3) is 5.91 Å². The number of furan rings is 1. The number of anilines is 1. The molecule has 0 spiro atoms. The van der Waals surface area contributed by atoms with Crippen LogP contribution in [0.25, 0.3) is 22.4 Å². The molecule has 1 amide bonds. The van der Waals surface area contributed by atoms with Gasteiger partial charge in [0, 0.05) is 16.0 Å². The van der Waals surface area contributed by atoms with Crippen LogP contribution in [-0.2, 0) is 0 Å². The molecule has 0 unspecified atom stereocenters. The minimum absolute atomic E-state index is 0.0320. The van der Waals surface area contributed by atoms with E-state index >= 15 is 0 Å². The Morgan fingerprint density at radius 3 is 2.74 bits per heavy atom. The molecule has 0 atom stereocenters. The minimum Gasteiger partial charge on any atom is -0.490 e. The molecule has 7 nitrogen and oxygen atoms in total. The van der Waals surface area contributed by atoms with Crippen LogP contribution in [0.5, 0.6) is 5.75 Å². The van der Waals surface area contributed by atoms with Gasteiger partial charge in [-0.15, -0.1) is 5.10 Å². The van der Waals surface area contributed by atoms with E-state index < -0.39 is 5.91 Å². The van der Waals surface area contributed by atoms with Crippen LogP contribution in [0.2, 0.25) is 5.02 Å². The van der Waals surface area contributed by atoms with E-state index in [1.165, 1.54) is 0 Å². The van der Waals surface area contributed by atoms with Crippen LogP contribution in [0.15, 0.2) is 57.4 Å². The average Bonchev–Trinajstić information content (AvgIpc) is 3.30. The Hall–Kier alpha value is -3.32. The summed E-state index contributed by atoms with van der Waals surface area (Å²) in [6.07, 6.45) is 0. The number of amides is 1. The van der Waals surface area contributed by atoms with Crippen molar-refractivity contribution in [3.8, 4) is 17.2 Å². The van der Waals surface area contributed by atoms with Crippen molar-refractivity contribution >= 4 is 34.5 Å². The fourth-order valence-electron chi connectivity index (χ4n) is 2.56. The molecule has 136 valence electrons. The fraction of sp³-hybridized carbons (Fsp3) is 0.105. The third kappa shape index (κ3) is 3.50. The predicted octanol–water partition coefficient (Wildman–Crippen LogP) is 4.79. The van der Waals surface area contributed by atoms with Crippen molar-refractivity contribution in [1.82, 2.24) is 10.2 Å². The van der Waals surface area contributed by atoms with E-state index in [1.807, 2.05) is 19.1 Å². The van der Waals surface area contributed by atoms with E-state index in [2.05, 4.69) is 15.5 Å². The summed E-state index contributed by atoms with van der Waals surface area (Å²) >= 11 is 5.86. The van der Waals surface area contributed by atoms with Gasteiger partial charge in [-0.05, 0) is 43.3 Å². The molecule has 1 N–H and O–H groups in total. The predicted molar refractivity (Wildman–Crippen MR) is 100 cm³/mol. The molecule has 0 saturated heterocycles. The first-order valence-electron chi connectivity index (χ1n) is 8.20. The van der Waals surface area contributed by atoms with Crippen LogP contribution in [0.3, 0.4) is 0 Å². The lowest BCUT2D eigenvalue weighted by atomic mass is 10.2. The highest BCUT2D eigenvalue weighted by Gasteiger charge is 2.18. The van der Waals surface area contributed by atoms with Crippen molar-refractivity contribution in [1.29, 1.82) is 0 Å². The number of nitrogens with one attached hydrogen (secondary N) is 1. The van der Waals surface area contributed by atoms with Crippen molar-refractivity contribution in [2.75, 3.05) is 11.9 Å². The second-order valence-corrected chi connectivity index (χ2v) is 6.03. The zero-order chi connectivity index (χ0) is 18.8. The Labute approximate surface area is 158 Å². The van der Waals surface area contributed by atoms with Crippen LogP contribution < -0.4 is 10.1 Å². The van der Waals surface area contributed by atoms with Gasteiger partial charge in [0.1, 0.15) is 0 Å². The van der Waals surface area contributed by atoms with Gasteiger partial charge in [-0.2, -0.15) is 0 Å². The molecule has 2 heterocycles. The zero-order valence-corrected chi connectivity index (χ0v) is 15.0. The highest BCUT2D eigenvalue weighted by Crippen LogP contribution is 2.29. The van der Waals surface area contributed by atoms with Gasteiger partial charge in [-0.25, -0.2) is 0 Å². The number of carbonyl (C=O) groups is 1. The van der Waals surface area contributed by atoms with Crippen LogP contribution in [0.4, 0.5) is 6.01 Å². The highest BCUT2D eigenvalue weighted by molar-refractivity contribution is 6.30. The Bertz CT molecular complexity index is 1100. The molecule has 0 saturated carbocycles. The molecule has 0 radical (unpaired) electrons. The maximum absolute atomic E-state index is 12.5. The largest absolute Gasteiger partial charge is 0.490 e. The summed E-state index contributed by atoms with van der Waals surface area (Å²) in [5.41, 5.74) is 1.20. The number of para-hydroxylation sites is 1. The molecule has 0 aliphatic heterocycles. The number of ether oxygens (including phenoxy) is 1. The maximum atomic E-state index is 12.5. The van der Waals surface area contributed by atoms with Gasteiger partial charge in [0.2, 0.25) is 5.89 Å². The molecule has 0 aliphatic carbocycles. The van der Waals surface area contributed by atoms with Gasteiger partial charge in [-0.3, -0.25) is 10.1 Å². The van der Waals surface area contributed by atoms with Gasteiger partial charge < -0.3 is 13.6 Å². The van der Waals surface area contributed by atoms with Crippen molar-refractivity contribution in [2.24, 2.45) is 0 Å². The lowest BCUT2D eigenvalue weighted by molar-refractivity contribution is 0.0995. The van der Waals surface area contributed by atoms with Crippen molar-refractivity contribution in [2.45, 2.75) is 6.92 Å². The number of hydrogen-bond acceptors (Lipinski definition) is 6. The first-order chi connectivity index (χ1) is 13.1. The van der Waals surface area contributed by atoms with E-state index in [4.69, 9.17) is 25.2 Å². The molecule has 0 aliphatic rings. The second-order valence-electron chi connectivity index (χ2n) is 5.59. The Kier molecular flexibility index (Phi) is 4.52. The smallest absolute Gasteiger partial charge is 0.322 e. The standard InChI is InChI=1S/C19H14ClN3O4/c1-2-25-14-5-3-4-12-10-15(26-16(12)14)17(24)21-19-23-22-18(27-19)11-6-8-13(20)9-7-11/h3-10H,2H2,1H3,(H,21,23,24). The number of hydrogen-bond donors (Lipinski definition) is 1. The number of halogens is 1. The fourth-order valence-corrected chi connectivity index (χ4v) is 2.68. The van der Waals surface area contributed by atoms with Crippen LogP contribution in [0.1, 0.15) is 17.5 Å². The Morgan fingerprint density at radius 2 is 1.96 bits per heavy atom. The van der Waals surface area contributed by atoms with Crippen LogP contribution >= 0.6 is 11.6 Å². The minimum atomic E-state index is -0.500. The summed E-state index contributed by atoms with van der Waals surface area (Å²) in [7, 11) is 0. The first kappa shape index (κ1) is 17.1. The first-order valence-corrected chi connectivity index (χ1v) is 8.58. The van der Waals surface area contributed by atoms with E-state index in [1.54, 1.807) is 36.4 Å². The molecule has 0 bridgehead atoms. The number of aromatic nitrogens is 2. The molecular formula is C19H14ClN3O4. The third-order valence-electron chi connectivity index (χ3n) is 3.77. The van der Waals surface area contributed by atoms with Gasteiger partial charge in [0.15, 0.2) is 17.1 Å². The second kappa shape index (κ2) is 7.13. The summed E-state index contributed by atoms with van der Waals surface area (Å²) in [5.74, 6) is 0.463. The molecule has 27 heavy (non-hydrogen) atoms. The van der Waals surface area contributed by atoms with E-state index in [0.717, 1.165) is 5.39 Å². The number of nitrogens with zero attached hydrogens (tertiary/aromatic N) is 2. The molecule has 2 aromatic heterocycles. The maximum Gasteiger partial charge on any atom is 0.322 e. The van der Waals surface area contributed by atoms with Gasteiger partial charge >= 0.3 is 6.01 Å². The van der Waals surface area contributed by atoms with Crippen LogP contribution in [-0.4, -0.2) is 22.7 Å². The number of rotatable bonds is 5. The van der Waals surface area contributed by atoms with E-state index in [-0.39, 0.29) is 17.7 Å². The van der Waals surface area contributed by atoms with Crippen LogP contribution in [0, 0.1) is 0 Å². The summed E-state index contributed by atoms with van der Waals surface area (Å²) in [4.78, 5) is 12.5. The SMILES string of the molecule is CCOc1cccc2cc(C(=O)Nc3nnc(-c4ccc(Cl)cc4)o3)oc12. The van der Waals surface area contributed by atoms with Crippen molar-refractivity contribution in [3.63, 3.8) is 0 Å². The van der Waals surface area contributed by atoms with Gasteiger partial charge in [0.05, 0.1) is 6.61 Å². The Balaban J connectivity index is 1.55. The molecule has 0 fully saturated rings. The molecule has 8 heteroatoms. The van der Waals surface area contributed by atoms with Gasteiger partial charge in [-0.1, -0.05) is 28.8 Å². The number of fused-ring (bicyclic) bond motifs is 1. The summed E-state index contributed by atoms with van der Waals surface area (Å²) in [6.45, 7) is 2.38.